The largest absolute Gasteiger partial charge is 0.496 e. The maximum absolute atomic E-state index is 6.23. The van der Waals surface area contributed by atoms with Crippen LogP contribution >= 0.6 is 35.0 Å². The van der Waals surface area contributed by atoms with Gasteiger partial charge in [0.15, 0.2) is 5.16 Å². The highest BCUT2D eigenvalue weighted by molar-refractivity contribution is 7.98. The number of rotatable bonds is 3. The van der Waals surface area contributed by atoms with Gasteiger partial charge in [-0.15, -0.1) is 0 Å². The Kier molecular flexibility index (Phi) is 4.32. The molecule has 0 aliphatic rings. The van der Waals surface area contributed by atoms with Crippen molar-refractivity contribution in [3.63, 3.8) is 0 Å². The molecule has 1 aromatic heterocycles. The third-order valence-electron chi connectivity index (χ3n) is 2.35. The lowest BCUT2D eigenvalue weighted by atomic mass is 10.1. The zero-order valence-electron chi connectivity index (χ0n) is 9.78. The average molecular weight is 301 g/mol. The zero-order valence-corrected chi connectivity index (χ0v) is 12.1. The van der Waals surface area contributed by atoms with Crippen LogP contribution in [0.25, 0.3) is 11.3 Å². The van der Waals surface area contributed by atoms with E-state index < -0.39 is 0 Å². The number of hydrogen-bond donors (Lipinski definition) is 0. The van der Waals surface area contributed by atoms with Gasteiger partial charge in [0.1, 0.15) is 5.75 Å². The molecule has 6 heteroatoms. The number of ether oxygens (including phenoxy) is 1. The molecular weight excluding hydrogens is 291 g/mol. The van der Waals surface area contributed by atoms with E-state index in [0.717, 1.165) is 0 Å². The van der Waals surface area contributed by atoms with Crippen molar-refractivity contribution in [1.82, 2.24) is 9.97 Å². The highest BCUT2D eigenvalue weighted by Gasteiger charge is 2.15. The number of aromatic nitrogens is 2. The lowest BCUT2D eigenvalue weighted by molar-refractivity contribution is 0.416. The lowest BCUT2D eigenvalue weighted by Gasteiger charge is -2.11. The molecule has 0 amide bonds. The van der Waals surface area contributed by atoms with Gasteiger partial charge in [-0.1, -0.05) is 35.0 Å². The van der Waals surface area contributed by atoms with Crippen LogP contribution in [0.3, 0.4) is 0 Å². The summed E-state index contributed by atoms with van der Waals surface area (Å²) in [6.07, 6.45) is 3.60. The van der Waals surface area contributed by atoms with Crippen molar-refractivity contribution in [3.8, 4) is 17.0 Å². The number of hydrogen-bond acceptors (Lipinski definition) is 4. The molecule has 2 rings (SSSR count). The molecule has 0 unspecified atom stereocenters. The van der Waals surface area contributed by atoms with Crippen molar-refractivity contribution < 1.29 is 4.74 Å². The Morgan fingerprint density at radius 2 is 2.00 bits per heavy atom. The molecule has 3 nitrogen and oxygen atoms in total. The van der Waals surface area contributed by atoms with Crippen molar-refractivity contribution in [3.05, 3.63) is 34.4 Å². The summed E-state index contributed by atoms with van der Waals surface area (Å²) < 4.78 is 5.30. The van der Waals surface area contributed by atoms with E-state index in [4.69, 9.17) is 27.9 Å². The van der Waals surface area contributed by atoms with Crippen LogP contribution in [0.4, 0.5) is 0 Å². The smallest absolute Gasteiger partial charge is 0.187 e. The summed E-state index contributed by atoms with van der Waals surface area (Å²) in [5.41, 5.74) is 1.38. The van der Waals surface area contributed by atoms with Gasteiger partial charge < -0.3 is 4.74 Å². The Morgan fingerprint density at radius 3 is 2.67 bits per heavy atom. The fourth-order valence-corrected chi connectivity index (χ4v) is 2.29. The highest BCUT2D eigenvalue weighted by Crippen LogP contribution is 2.39. The Balaban J connectivity index is 2.65. The molecule has 0 radical (unpaired) electrons. The molecule has 1 heterocycles. The number of nitrogens with zero attached hydrogens (tertiary/aromatic N) is 2. The van der Waals surface area contributed by atoms with Gasteiger partial charge in [0.25, 0.3) is 0 Å². The minimum Gasteiger partial charge on any atom is -0.496 e. The van der Waals surface area contributed by atoms with E-state index in [1.807, 2.05) is 6.26 Å². The molecule has 0 aliphatic carbocycles. The van der Waals surface area contributed by atoms with Gasteiger partial charge >= 0.3 is 0 Å². The van der Waals surface area contributed by atoms with E-state index in [9.17, 15) is 0 Å². The van der Waals surface area contributed by atoms with Crippen molar-refractivity contribution in [2.45, 2.75) is 5.16 Å². The number of methoxy groups -OCH3 is 1. The number of thioether (sulfide) groups is 1. The predicted molar refractivity (Wildman–Crippen MR) is 75.8 cm³/mol. The first-order valence-corrected chi connectivity index (χ1v) is 7.05. The number of benzene rings is 1. The second-order valence-electron chi connectivity index (χ2n) is 3.37. The summed E-state index contributed by atoms with van der Waals surface area (Å²) >= 11 is 13.7. The maximum Gasteiger partial charge on any atom is 0.187 e. The molecule has 0 saturated carbocycles. The predicted octanol–water partition coefficient (Wildman–Crippen LogP) is 4.18. The normalized spacial score (nSPS) is 10.4. The molecule has 0 saturated heterocycles. The third-order valence-corrected chi connectivity index (χ3v) is 3.71. The zero-order chi connectivity index (χ0) is 13.1. The van der Waals surface area contributed by atoms with Crippen LogP contribution in [0.15, 0.2) is 29.6 Å². The fourth-order valence-electron chi connectivity index (χ4n) is 1.52. The monoisotopic (exact) mass is 300 g/mol. The first kappa shape index (κ1) is 13.5. The molecule has 0 aliphatic heterocycles. The van der Waals surface area contributed by atoms with E-state index in [2.05, 4.69) is 9.97 Å². The molecular formula is C12H10Cl2N2OS. The number of halogens is 2. The van der Waals surface area contributed by atoms with Crippen LogP contribution in [0.1, 0.15) is 0 Å². The first-order chi connectivity index (χ1) is 8.67. The van der Waals surface area contributed by atoms with Crippen molar-refractivity contribution >= 4 is 35.0 Å². The van der Waals surface area contributed by atoms with Gasteiger partial charge in [-0.3, -0.25) is 0 Å². The van der Waals surface area contributed by atoms with E-state index in [1.54, 1.807) is 31.5 Å². The Morgan fingerprint density at radius 1 is 1.22 bits per heavy atom. The molecule has 2 aromatic rings. The molecule has 0 spiro atoms. The van der Waals surface area contributed by atoms with Crippen LogP contribution in [0, 0.1) is 0 Å². The quantitative estimate of drug-likeness (QED) is 0.629. The Hall–Kier alpha value is -0.970. The molecule has 0 fully saturated rings. The molecule has 0 atom stereocenters. The summed E-state index contributed by atoms with van der Waals surface area (Å²) in [5.74, 6) is 0.634. The van der Waals surface area contributed by atoms with Crippen LogP contribution < -0.4 is 4.74 Å². The van der Waals surface area contributed by atoms with Gasteiger partial charge in [0.2, 0.25) is 0 Å². The summed E-state index contributed by atoms with van der Waals surface area (Å²) in [4.78, 5) is 8.53. The Labute approximate surface area is 120 Å². The first-order valence-electron chi connectivity index (χ1n) is 5.06. The van der Waals surface area contributed by atoms with Gasteiger partial charge in [-0.25, -0.2) is 9.97 Å². The van der Waals surface area contributed by atoms with Crippen molar-refractivity contribution in [2.24, 2.45) is 0 Å². The van der Waals surface area contributed by atoms with Crippen LogP contribution in [0.2, 0.25) is 10.0 Å². The van der Waals surface area contributed by atoms with Gasteiger partial charge in [0, 0.05) is 6.20 Å². The summed E-state index contributed by atoms with van der Waals surface area (Å²) in [6, 6.07) is 5.24. The summed E-state index contributed by atoms with van der Waals surface area (Å²) in [6.45, 7) is 0. The van der Waals surface area contributed by atoms with E-state index >= 15 is 0 Å². The van der Waals surface area contributed by atoms with Crippen LogP contribution in [-0.4, -0.2) is 23.3 Å². The van der Waals surface area contributed by atoms with E-state index in [0.29, 0.717) is 32.2 Å². The van der Waals surface area contributed by atoms with E-state index in [-0.39, 0.29) is 0 Å². The lowest BCUT2D eigenvalue weighted by Crippen LogP contribution is -1.94. The topological polar surface area (TPSA) is 35.0 Å². The minimum atomic E-state index is 0.432. The third kappa shape index (κ3) is 2.55. The summed E-state index contributed by atoms with van der Waals surface area (Å²) in [7, 11) is 1.58. The standard InChI is InChI=1S/C12H10Cl2N2OS/c1-17-9-4-3-7(13)11(14)10(9)8-5-6-15-12(16-8)18-2/h3-6H,1-2H3. The second kappa shape index (κ2) is 5.78. The molecule has 0 N–H and O–H groups in total. The molecule has 94 valence electrons. The summed E-state index contributed by atoms with van der Waals surface area (Å²) in [5, 5.41) is 1.57. The molecule has 1 aromatic carbocycles. The van der Waals surface area contributed by atoms with Crippen molar-refractivity contribution in [1.29, 1.82) is 0 Å². The van der Waals surface area contributed by atoms with Crippen LogP contribution in [-0.2, 0) is 0 Å². The van der Waals surface area contributed by atoms with E-state index in [1.165, 1.54) is 11.8 Å². The van der Waals surface area contributed by atoms with Gasteiger partial charge in [0.05, 0.1) is 28.4 Å². The van der Waals surface area contributed by atoms with Gasteiger partial charge in [-0.05, 0) is 24.5 Å². The Bertz CT molecular complexity index is 578. The minimum absolute atomic E-state index is 0.432. The average Bonchev–Trinajstić information content (AvgIpc) is 2.41. The maximum atomic E-state index is 6.23. The second-order valence-corrected chi connectivity index (χ2v) is 4.93. The van der Waals surface area contributed by atoms with Crippen LogP contribution in [0.5, 0.6) is 5.75 Å². The van der Waals surface area contributed by atoms with Crippen molar-refractivity contribution in [2.75, 3.05) is 13.4 Å². The molecule has 0 bridgehead atoms. The SMILES string of the molecule is COc1ccc(Cl)c(Cl)c1-c1ccnc(SC)n1. The molecule has 18 heavy (non-hydrogen) atoms. The highest BCUT2D eigenvalue weighted by atomic mass is 35.5. The van der Waals surface area contributed by atoms with Gasteiger partial charge in [-0.2, -0.15) is 0 Å². The fraction of sp³-hybridized carbons (Fsp3) is 0.167.